The van der Waals surface area contributed by atoms with E-state index in [1.165, 1.54) is 13.8 Å². The molecule has 30 heteroatoms. The van der Waals surface area contributed by atoms with Gasteiger partial charge in [-0.05, 0) is 91.3 Å². The highest BCUT2D eigenvalue weighted by atomic mass is 32.2. The van der Waals surface area contributed by atoms with Gasteiger partial charge in [-0.25, -0.2) is 28.6 Å². The molecule has 26 nitrogen and oxygen atoms in total. The molecule has 5 aliphatic rings. The number of rotatable bonds is 23. The van der Waals surface area contributed by atoms with Crippen molar-refractivity contribution in [1.29, 1.82) is 0 Å². The number of aliphatic hydroxyl groups excluding tert-OH is 3. The first-order valence-corrected chi connectivity index (χ1v) is 30.7. The number of imidazole rings is 1. The van der Waals surface area contributed by atoms with E-state index in [1.54, 1.807) is 0 Å². The highest BCUT2D eigenvalue weighted by Gasteiger charge is 2.63. The van der Waals surface area contributed by atoms with E-state index in [0.29, 0.717) is 60.9 Å². The number of fused-ring (bicyclic) bond motifs is 6. The molecule has 75 heavy (non-hydrogen) atoms. The molecule has 1 saturated heterocycles. The number of nitrogens with zero attached hydrogens (tertiary/aromatic N) is 4. The molecule has 3 heterocycles. The highest BCUT2D eigenvalue weighted by molar-refractivity contribution is 8.13. The summed E-state index contributed by atoms with van der Waals surface area (Å²) < 4.78 is 62.7. The van der Waals surface area contributed by atoms with Crippen molar-refractivity contribution in [3.63, 3.8) is 0 Å². The summed E-state index contributed by atoms with van der Waals surface area (Å²) in [6, 6.07) is 0. The Hall–Kier alpha value is -2.81. The average molecular weight is 1140 g/mol. The molecule has 11 N–H and O–H groups in total. The first-order valence-electron chi connectivity index (χ1n) is 25.2. The molecule has 422 valence electrons. The zero-order valence-electron chi connectivity index (χ0n) is 42.5. The molecule has 0 spiro atoms. The van der Waals surface area contributed by atoms with Gasteiger partial charge in [-0.2, -0.15) is 4.31 Å². The van der Waals surface area contributed by atoms with Gasteiger partial charge in [0.2, 0.25) is 11.8 Å². The number of hydrogen-bond acceptors (Lipinski definition) is 20. The molecule has 2 amide bonds. The van der Waals surface area contributed by atoms with Crippen molar-refractivity contribution < 1.29 is 90.4 Å². The standard InChI is InChI=1S/C45H72N7O19P3S/c1-24(27-7-8-28-34-29(11-14-45(27,28)5)44(4)13-10-26(53)18-25(44)19-30(34)54)6-9-33(56)75-17-16-47-32(55)12-15-48-41(59)38(58)43(2,3)21-68-74(65,66)71-73(63,64)67-20-31-37(70-72(60,61)62)36(57)42(69-31)52-23-51-35-39(46)49-22-50-40(35)52/h22-25,27-31,34,36-38,42,54,57-58H,6-21H2,1-5H3,(H,47,55)(H,48,59)(H,63,64)(H,65,66)(H2,46,49,50)(H2,60,61,62)/t24-,25+,27-,28+,29+,30+,31-,34+,36-,37-,38+,42-,44+,45-/m1/s1. The monoisotopic (exact) mass is 1140 g/mol. The number of anilines is 1. The minimum absolute atomic E-state index is 0.0278. The third kappa shape index (κ3) is 13.8. The summed E-state index contributed by atoms with van der Waals surface area (Å²) in [5, 5.41) is 38.4. The van der Waals surface area contributed by atoms with Crippen LogP contribution in [0.25, 0.3) is 11.2 Å². The maximum atomic E-state index is 13.0. The van der Waals surface area contributed by atoms with E-state index < -0.39 is 84.6 Å². The van der Waals surface area contributed by atoms with Crippen molar-refractivity contribution in [2.45, 2.75) is 142 Å². The number of nitrogen functional groups attached to an aromatic ring is 1. The maximum absolute atomic E-state index is 13.0. The van der Waals surface area contributed by atoms with Crippen LogP contribution in [0, 0.1) is 51.8 Å². The van der Waals surface area contributed by atoms with Gasteiger partial charge >= 0.3 is 23.5 Å². The van der Waals surface area contributed by atoms with E-state index in [9.17, 15) is 67.8 Å². The largest absolute Gasteiger partial charge is 0.481 e. The molecule has 1 aliphatic heterocycles. The van der Waals surface area contributed by atoms with Crippen molar-refractivity contribution >= 4 is 74.9 Å². The number of Topliss-reactive ketones (excluding diaryl/α,β-unsaturated/α-hetero) is 1. The van der Waals surface area contributed by atoms with E-state index in [1.807, 2.05) is 0 Å². The number of phosphoric ester groups is 3. The molecule has 0 aromatic carbocycles. The molecule has 16 atom stereocenters. The van der Waals surface area contributed by atoms with E-state index in [-0.39, 0.29) is 70.4 Å². The quantitative estimate of drug-likeness (QED) is 0.0564. The minimum Gasteiger partial charge on any atom is -0.393 e. The molecular formula is C45H72N7O19P3S. The Labute approximate surface area is 438 Å². The average Bonchev–Trinajstić information content (AvgIpc) is 4.01. The summed E-state index contributed by atoms with van der Waals surface area (Å²) in [6.07, 6.45) is 1.01. The molecule has 7 rings (SSSR count). The zero-order valence-corrected chi connectivity index (χ0v) is 46.0. The van der Waals surface area contributed by atoms with Crippen molar-refractivity contribution in [3.8, 4) is 0 Å². The Balaban J connectivity index is 0.778. The van der Waals surface area contributed by atoms with Crippen molar-refractivity contribution in [3.05, 3.63) is 12.7 Å². The van der Waals surface area contributed by atoms with Crippen LogP contribution in [0.5, 0.6) is 0 Å². The van der Waals surface area contributed by atoms with Crippen LogP contribution in [0.3, 0.4) is 0 Å². The molecule has 4 aliphatic carbocycles. The predicted molar refractivity (Wildman–Crippen MR) is 267 cm³/mol. The SMILES string of the molecule is C[C@H](CCC(=O)SCCNC(=O)CCNC(=O)[C@H](O)C(C)(C)COP(=O)(O)OP(=O)(O)OC[C@H]1O[C@@H](n2cnc3c(N)ncnc32)[C@H](O)[C@@H]1OP(=O)(O)O)[C@H]1CC[C@H]2[C@@H]3[C@@H](O)C[C@@H]4CC(=O)CC[C@]4(C)[C@H]3CC[C@]12C. The number of carbonyl (C=O) groups excluding carboxylic acids is 4. The molecule has 4 saturated carbocycles. The number of nitrogens with one attached hydrogen (secondary N) is 2. The van der Waals surface area contributed by atoms with E-state index in [4.69, 9.17) is 19.5 Å². The van der Waals surface area contributed by atoms with E-state index in [2.05, 4.69) is 55.2 Å². The number of thioether (sulfide) groups is 1. The minimum atomic E-state index is -5.60. The molecular weight excluding hydrogens is 1070 g/mol. The number of aromatic nitrogens is 4. The van der Waals surface area contributed by atoms with Gasteiger partial charge in [0.1, 0.15) is 42.0 Å². The summed E-state index contributed by atoms with van der Waals surface area (Å²) in [5.41, 5.74) is 4.47. The van der Waals surface area contributed by atoms with Crippen molar-refractivity contribution in [1.82, 2.24) is 30.2 Å². The van der Waals surface area contributed by atoms with Crippen LogP contribution in [0.4, 0.5) is 5.82 Å². The Kier molecular flexibility index (Phi) is 18.7. The van der Waals surface area contributed by atoms with Gasteiger partial charge in [-0.1, -0.05) is 46.4 Å². The second-order valence-corrected chi connectivity index (χ2v) is 27.5. The van der Waals surface area contributed by atoms with Crippen LogP contribution in [-0.2, 0) is 55.5 Å². The number of amides is 2. The van der Waals surface area contributed by atoms with Crippen LogP contribution in [-0.4, -0.2) is 140 Å². The lowest BCUT2D eigenvalue weighted by molar-refractivity contribution is -0.168. The Morgan fingerprint density at radius 3 is 2.40 bits per heavy atom. The number of nitrogens with two attached hydrogens (primary N) is 1. The van der Waals surface area contributed by atoms with Crippen molar-refractivity contribution in [2.75, 3.05) is 37.8 Å². The third-order valence-corrected chi connectivity index (χ3v) is 20.9. The second-order valence-electron chi connectivity index (χ2n) is 22.1. The van der Waals surface area contributed by atoms with Crippen LogP contribution < -0.4 is 16.4 Å². The Bertz CT molecular complexity index is 2580. The molecule has 2 aromatic heterocycles. The first-order chi connectivity index (χ1) is 34.9. The number of aliphatic hydroxyl groups is 3. The van der Waals surface area contributed by atoms with Crippen molar-refractivity contribution in [2.24, 2.45) is 51.8 Å². The number of phosphoric acid groups is 3. The Morgan fingerprint density at radius 1 is 0.973 bits per heavy atom. The fourth-order valence-corrected chi connectivity index (χ4v) is 16.4. The van der Waals surface area contributed by atoms with Gasteiger partial charge in [0, 0.05) is 49.9 Å². The van der Waals surface area contributed by atoms with Gasteiger partial charge in [-0.3, -0.25) is 37.3 Å². The lowest BCUT2D eigenvalue weighted by Gasteiger charge is -2.62. The molecule has 5 fully saturated rings. The fraction of sp³-hybridized carbons (Fsp3) is 0.800. The molecule has 0 bridgehead atoms. The second kappa shape index (κ2) is 23.5. The molecule has 0 radical (unpaired) electrons. The fourth-order valence-electron chi connectivity index (χ4n) is 12.9. The number of ketones is 1. The maximum Gasteiger partial charge on any atom is 0.481 e. The first kappa shape index (κ1) is 59.8. The summed E-state index contributed by atoms with van der Waals surface area (Å²) >= 11 is 1.14. The third-order valence-electron chi connectivity index (χ3n) is 16.8. The summed E-state index contributed by atoms with van der Waals surface area (Å²) in [4.78, 5) is 102. The van der Waals surface area contributed by atoms with Crippen LogP contribution >= 0.6 is 35.2 Å². The normalized spacial score (nSPS) is 33.4. The number of carbonyl (C=O) groups is 4. The van der Waals surface area contributed by atoms with E-state index >= 15 is 0 Å². The number of ether oxygens (including phenoxy) is 1. The topological polar surface area (TPSA) is 401 Å². The lowest BCUT2D eigenvalue weighted by Crippen LogP contribution is -2.58. The highest BCUT2D eigenvalue weighted by Crippen LogP contribution is 2.68. The van der Waals surface area contributed by atoms with Gasteiger partial charge in [0.25, 0.3) is 0 Å². The molecule has 2 aromatic rings. The van der Waals surface area contributed by atoms with Gasteiger partial charge in [0.15, 0.2) is 22.8 Å². The lowest BCUT2D eigenvalue weighted by atomic mass is 9.44. The Morgan fingerprint density at radius 2 is 1.68 bits per heavy atom. The number of hydrogen-bond donors (Lipinski definition) is 10. The van der Waals surface area contributed by atoms with Crippen LogP contribution in [0.2, 0.25) is 0 Å². The van der Waals surface area contributed by atoms with Gasteiger partial charge < -0.3 is 56.0 Å². The van der Waals surface area contributed by atoms with Crippen LogP contribution in [0.1, 0.15) is 111 Å². The predicted octanol–water partition coefficient (Wildman–Crippen LogP) is 3.28. The summed E-state index contributed by atoms with van der Waals surface area (Å²) in [6.45, 7) is 7.50. The van der Waals surface area contributed by atoms with Gasteiger partial charge in [-0.15, -0.1) is 0 Å². The van der Waals surface area contributed by atoms with Crippen LogP contribution in [0.15, 0.2) is 12.7 Å². The molecule has 2 unspecified atom stereocenters. The zero-order chi connectivity index (χ0) is 55.1. The van der Waals surface area contributed by atoms with E-state index in [0.717, 1.165) is 67.5 Å². The smallest absolute Gasteiger partial charge is 0.393 e. The summed E-state index contributed by atoms with van der Waals surface area (Å²) in [5.74, 6) is 1.38. The van der Waals surface area contributed by atoms with Gasteiger partial charge in [0.05, 0.1) is 25.6 Å². The summed E-state index contributed by atoms with van der Waals surface area (Å²) in [7, 11) is -16.5.